The van der Waals surface area contributed by atoms with Gasteiger partial charge in [-0.3, -0.25) is 0 Å². The van der Waals surface area contributed by atoms with E-state index >= 15 is 0 Å². The first kappa shape index (κ1) is 10.4. The minimum Gasteiger partial charge on any atom is -0.392 e. The predicted octanol–water partition coefficient (Wildman–Crippen LogP) is 2.67. The van der Waals surface area contributed by atoms with Crippen molar-refractivity contribution < 1.29 is 5.11 Å². The number of aliphatic hydroxyl groups is 1. The molecule has 0 amide bonds. The highest BCUT2D eigenvalue weighted by Crippen LogP contribution is 2.00. The second kappa shape index (κ2) is 9.44. The molecule has 11 heavy (non-hydrogen) atoms. The lowest BCUT2D eigenvalue weighted by Crippen LogP contribution is -1.74. The van der Waals surface area contributed by atoms with Crippen LogP contribution in [0.5, 0.6) is 0 Å². The third-order valence-corrected chi connectivity index (χ3v) is 1.50. The van der Waals surface area contributed by atoms with Crippen LogP contribution in [-0.4, -0.2) is 11.7 Å². The Morgan fingerprint density at radius 3 is 2.18 bits per heavy atom. The summed E-state index contributed by atoms with van der Waals surface area (Å²) >= 11 is 0. The van der Waals surface area contributed by atoms with E-state index in [-0.39, 0.29) is 6.61 Å². The molecule has 0 aliphatic rings. The fraction of sp³-hybridized carbons (Fsp3) is 0.600. The molecule has 64 valence electrons. The summed E-state index contributed by atoms with van der Waals surface area (Å²) in [5.74, 6) is 0. The normalized spacial score (nSPS) is 11.8. The van der Waals surface area contributed by atoms with Crippen LogP contribution < -0.4 is 0 Å². The van der Waals surface area contributed by atoms with Gasteiger partial charge in [0.15, 0.2) is 0 Å². The smallest absolute Gasteiger partial charge is 0.0612 e. The van der Waals surface area contributed by atoms with Crippen molar-refractivity contribution in [3.05, 3.63) is 24.3 Å². The Kier molecular flexibility index (Phi) is 8.96. The number of aliphatic hydroxyl groups excluding tert-OH is 1. The van der Waals surface area contributed by atoms with Crippen LogP contribution in [0.3, 0.4) is 0 Å². The minimum absolute atomic E-state index is 0.175. The highest BCUT2D eigenvalue weighted by Gasteiger charge is 1.81. The van der Waals surface area contributed by atoms with E-state index < -0.39 is 0 Å². The van der Waals surface area contributed by atoms with Gasteiger partial charge in [-0.05, 0) is 32.6 Å². The Balaban J connectivity index is 2.96. The number of unbranched alkanes of at least 4 members (excludes halogenated alkanes) is 3. The number of allylic oxidation sites excluding steroid dienone is 3. The maximum absolute atomic E-state index is 8.41. The molecule has 1 N–H and O–H groups in total. The van der Waals surface area contributed by atoms with E-state index in [2.05, 4.69) is 12.2 Å². The van der Waals surface area contributed by atoms with Crippen molar-refractivity contribution in [2.24, 2.45) is 0 Å². The first-order chi connectivity index (χ1) is 5.41. The highest BCUT2D eigenvalue weighted by molar-refractivity contribution is 4.81. The van der Waals surface area contributed by atoms with Gasteiger partial charge in [-0.25, -0.2) is 0 Å². The lowest BCUT2D eigenvalue weighted by molar-refractivity contribution is 0.342. The number of hydrogen-bond acceptors (Lipinski definition) is 1. The molecule has 0 aromatic carbocycles. The summed E-state index contributed by atoms with van der Waals surface area (Å²) < 4.78 is 0. The van der Waals surface area contributed by atoms with Crippen LogP contribution in [0.2, 0.25) is 0 Å². The fourth-order valence-corrected chi connectivity index (χ4v) is 0.883. The molecule has 0 fully saturated rings. The van der Waals surface area contributed by atoms with Crippen LogP contribution in [0.25, 0.3) is 0 Å². The van der Waals surface area contributed by atoms with Gasteiger partial charge in [-0.2, -0.15) is 0 Å². The quantitative estimate of drug-likeness (QED) is 0.460. The second-order valence-corrected chi connectivity index (χ2v) is 2.51. The average molecular weight is 154 g/mol. The zero-order valence-corrected chi connectivity index (χ0v) is 7.29. The van der Waals surface area contributed by atoms with Gasteiger partial charge < -0.3 is 5.11 Å². The Morgan fingerprint density at radius 1 is 1.00 bits per heavy atom. The molecular formula is C10H18O. The highest BCUT2D eigenvalue weighted by atomic mass is 16.2. The molecule has 0 saturated heterocycles. The topological polar surface area (TPSA) is 20.2 Å². The van der Waals surface area contributed by atoms with Gasteiger partial charge in [0.1, 0.15) is 0 Å². The Labute approximate surface area is 69.4 Å². The summed E-state index contributed by atoms with van der Waals surface area (Å²) in [5, 5.41) is 8.41. The molecule has 0 atom stereocenters. The van der Waals surface area contributed by atoms with Crippen LogP contribution in [0.1, 0.15) is 32.6 Å². The minimum atomic E-state index is 0.175. The van der Waals surface area contributed by atoms with Crippen molar-refractivity contribution in [1.82, 2.24) is 0 Å². The summed E-state index contributed by atoms with van der Waals surface area (Å²) in [7, 11) is 0. The number of hydrogen-bond donors (Lipinski definition) is 1. The first-order valence-electron chi connectivity index (χ1n) is 4.28. The van der Waals surface area contributed by atoms with Crippen LogP contribution in [0.4, 0.5) is 0 Å². The third kappa shape index (κ3) is 9.44. The monoisotopic (exact) mass is 154 g/mol. The van der Waals surface area contributed by atoms with E-state index in [1.807, 2.05) is 13.0 Å². The van der Waals surface area contributed by atoms with E-state index in [0.29, 0.717) is 0 Å². The van der Waals surface area contributed by atoms with E-state index in [0.717, 1.165) is 6.42 Å². The molecule has 0 saturated carbocycles. The standard InChI is InChI=1S/C10H18O/c1-2-3-4-5-6-7-8-9-10-11/h2-3,8-9,11H,4-7,10H2,1H3/b3-2+,9-8+. The largest absolute Gasteiger partial charge is 0.392 e. The summed E-state index contributed by atoms with van der Waals surface area (Å²) in [6, 6.07) is 0. The molecule has 0 aromatic heterocycles. The van der Waals surface area contributed by atoms with E-state index in [1.165, 1.54) is 19.3 Å². The lowest BCUT2D eigenvalue weighted by atomic mass is 10.2. The lowest BCUT2D eigenvalue weighted by Gasteiger charge is -1.91. The average Bonchev–Trinajstić information content (AvgIpc) is 2.03. The molecule has 0 heterocycles. The van der Waals surface area contributed by atoms with Crippen LogP contribution in [0, 0.1) is 0 Å². The van der Waals surface area contributed by atoms with Crippen molar-refractivity contribution in [1.29, 1.82) is 0 Å². The second-order valence-electron chi connectivity index (χ2n) is 2.51. The molecular weight excluding hydrogens is 136 g/mol. The zero-order chi connectivity index (χ0) is 8.36. The van der Waals surface area contributed by atoms with E-state index in [1.54, 1.807) is 6.08 Å². The summed E-state index contributed by atoms with van der Waals surface area (Å²) in [5.41, 5.74) is 0. The molecule has 0 bridgehead atoms. The van der Waals surface area contributed by atoms with Gasteiger partial charge >= 0.3 is 0 Å². The molecule has 1 nitrogen and oxygen atoms in total. The maximum Gasteiger partial charge on any atom is 0.0612 e. The van der Waals surface area contributed by atoms with E-state index in [9.17, 15) is 0 Å². The first-order valence-corrected chi connectivity index (χ1v) is 4.28. The van der Waals surface area contributed by atoms with Crippen LogP contribution >= 0.6 is 0 Å². The summed E-state index contributed by atoms with van der Waals surface area (Å²) in [6.07, 6.45) is 12.9. The van der Waals surface area contributed by atoms with Gasteiger partial charge in [0.2, 0.25) is 0 Å². The molecule has 0 aromatic rings. The van der Waals surface area contributed by atoms with Gasteiger partial charge in [0.25, 0.3) is 0 Å². The van der Waals surface area contributed by atoms with Gasteiger partial charge in [-0.15, -0.1) is 0 Å². The SMILES string of the molecule is C/C=C/CCCC/C=C/CO. The zero-order valence-electron chi connectivity index (χ0n) is 7.29. The van der Waals surface area contributed by atoms with Crippen molar-refractivity contribution in [2.45, 2.75) is 32.6 Å². The number of rotatable bonds is 6. The molecule has 0 spiro atoms. The third-order valence-electron chi connectivity index (χ3n) is 1.50. The van der Waals surface area contributed by atoms with Gasteiger partial charge in [-0.1, -0.05) is 24.3 Å². The molecule has 1 heteroatoms. The summed E-state index contributed by atoms with van der Waals surface area (Å²) in [6.45, 7) is 2.22. The Hall–Kier alpha value is -0.560. The summed E-state index contributed by atoms with van der Waals surface area (Å²) in [4.78, 5) is 0. The predicted molar refractivity (Wildman–Crippen MR) is 49.5 cm³/mol. The molecule has 0 aliphatic heterocycles. The van der Waals surface area contributed by atoms with Crippen molar-refractivity contribution in [2.75, 3.05) is 6.61 Å². The van der Waals surface area contributed by atoms with Crippen molar-refractivity contribution >= 4 is 0 Å². The Bertz CT molecular complexity index is 114. The molecule has 0 radical (unpaired) electrons. The van der Waals surface area contributed by atoms with Gasteiger partial charge in [0, 0.05) is 0 Å². The molecule has 0 unspecified atom stereocenters. The van der Waals surface area contributed by atoms with Gasteiger partial charge in [0.05, 0.1) is 6.61 Å². The van der Waals surface area contributed by atoms with E-state index in [4.69, 9.17) is 5.11 Å². The maximum atomic E-state index is 8.41. The fourth-order valence-electron chi connectivity index (χ4n) is 0.883. The van der Waals surface area contributed by atoms with Crippen LogP contribution in [-0.2, 0) is 0 Å². The van der Waals surface area contributed by atoms with Crippen molar-refractivity contribution in [3.63, 3.8) is 0 Å². The molecule has 0 rings (SSSR count). The molecule has 0 aliphatic carbocycles. The van der Waals surface area contributed by atoms with Crippen molar-refractivity contribution in [3.8, 4) is 0 Å². The Morgan fingerprint density at radius 2 is 1.64 bits per heavy atom. The van der Waals surface area contributed by atoms with Crippen LogP contribution in [0.15, 0.2) is 24.3 Å².